The zero-order valence-corrected chi connectivity index (χ0v) is 21.1. The molecule has 8 nitrogen and oxygen atoms in total. The van der Waals surface area contributed by atoms with Crippen LogP contribution in [0.5, 0.6) is 11.5 Å². The first kappa shape index (κ1) is 24.0. The maximum Gasteiger partial charge on any atom is 0.252 e. The number of hydrogen-bond donors (Lipinski definition) is 1. The van der Waals surface area contributed by atoms with Gasteiger partial charge >= 0.3 is 0 Å². The van der Waals surface area contributed by atoms with Crippen molar-refractivity contribution in [3.8, 4) is 22.8 Å². The van der Waals surface area contributed by atoms with Gasteiger partial charge in [0.15, 0.2) is 5.13 Å². The number of amides is 1. The standard InChI is InChI=1S/C21H22ClN3O5S3/c1-29-14-5-6-17(30-2)15(10-14)16-12-31-21(23-16)24-20(26)13-4-3-9-25(11-13)33(27,28)19-8-7-18(22)32-19/h5-8,10,12-13H,3-4,9,11H2,1-2H3,(H,23,24,26). The van der Waals surface area contributed by atoms with Crippen LogP contribution in [0.2, 0.25) is 4.34 Å². The Bertz CT molecular complexity index is 1260. The fourth-order valence-electron chi connectivity index (χ4n) is 3.61. The third kappa shape index (κ3) is 5.17. The Hall–Kier alpha value is -2.18. The lowest BCUT2D eigenvalue weighted by Crippen LogP contribution is -2.43. The van der Waals surface area contributed by atoms with Crippen LogP contribution in [-0.2, 0) is 14.8 Å². The predicted molar refractivity (Wildman–Crippen MR) is 130 cm³/mol. The van der Waals surface area contributed by atoms with Crippen LogP contribution in [0, 0.1) is 5.92 Å². The molecule has 2 aromatic heterocycles. The summed E-state index contributed by atoms with van der Waals surface area (Å²) in [6.45, 7) is 0.490. The van der Waals surface area contributed by atoms with Gasteiger partial charge in [-0.25, -0.2) is 13.4 Å². The lowest BCUT2D eigenvalue weighted by Gasteiger charge is -2.30. The summed E-state index contributed by atoms with van der Waals surface area (Å²) in [6.07, 6.45) is 1.20. The minimum Gasteiger partial charge on any atom is -0.497 e. The number of sulfonamides is 1. The molecule has 1 atom stereocenters. The highest BCUT2D eigenvalue weighted by Gasteiger charge is 2.34. The van der Waals surface area contributed by atoms with E-state index in [1.807, 2.05) is 11.4 Å². The minimum absolute atomic E-state index is 0.117. The van der Waals surface area contributed by atoms with Crippen molar-refractivity contribution in [2.24, 2.45) is 5.92 Å². The number of thiazole rings is 1. The number of hydrogen-bond acceptors (Lipinski definition) is 8. The topological polar surface area (TPSA) is 97.8 Å². The van der Waals surface area contributed by atoms with Crippen molar-refractivity contribution in [1.82, 2.24) is 9.29 Å². The second kappa shape index (κ2) is 9.98. The Kier molecular flexibility index (Phi) is 7.25. The normalized spacial score (nSPS) is 17.0. The molecule has 1 saturated heterocycles. The Balaban J connectivity index is 1.47. The maximum atomic E-state index is 12.9. The van der Waals surface area contributed by atoms with Crippen LogP contribution in [0.3, 0.4) is 0 Å². The number of thiophene rings is 1. The quantitative estimate of drug-likeness (QED) is 0.483. The lowest BCUT2D eigenvalue weighted by atomic mass is 9.99. The Morgan fingerprint density at radius 3 is 2.76 bits per heavy atom. The molecule has 1 unspecified atom stereocenters. The highest BCUT2D eigenvalue weighted by atomic mass is 35.5. The molecule has 1 aromatic carbocycles. The van der Waals surface area contributed by atoms with Crippen molar-refractivity contribution in [3.63, 3.8) is 0 Å². The number of anilines is 1. The Morgan fingerprint density at radius 2 is 2.06 bits per heavy atom. The summed E-state index contributed by atoms with van der Waals surface area (Å²) < 4.78 is 38.5. The third-order valence-electron chi connectivity index (χ3n) is 5.31. The molecule has 4 rings (SSSR count). The summed E-state index contributed by atoms with van der Waals surface area (Å²) in [5.74, 6) is 0.584. The molecule has 0 saturated carbocycles. The minimum atomic E-state index is -3.68. The van der Waals surface area contributed by atoms with E-state index < -0.39 is 15.9 Å². The van der Waals surface area contributed by atoms with Crippen molar-refractivity contribution in [2.75, 3.05) is 32.6 Å². The molecular weight excluding hydrogens is 506 g/mol. The highest BCUT2D eigenvalue weighted by Crippen LogP contribution is 2.35. The molecule has 0 spiro atoms. The zero-order chi connectivity index (χ0) is 23.6. The first-order valence-electron chi connectivity index (χ1n) is 10.1. The van der Waals surface area contributed by atoms with Gasteiger partial charge in [0.2, 0.25) is 5.91 Å². The second-order valence-electron chi connectivity index (χ2n) is 7.35. The van der Waals surface area contributed by atoms with E-state index in [1.54, 1.807) is 32.4 Å². The van der Waals surface area contributed by atoms with Gasteiger partial charge in [-0.3, -0.25) is 4.79 Å². The number of nitrogens with zero attached hydrogens (tertiary/aromatic N) is 2. The monoisotopic (exact) mass is 527 g/mol. The van der Waals surface area contributed by atoms with E-state index in [-0.39, 0.29) is 16.7 Å². The molecule has 3 aromatic rings. The van der Waals surface area contributed by atoms with Crippen LogP contribution in [-0.4, -0.2) is 50.9 Å². The van der Waals surface area contributed by atoms with Gasteiger partial charge in [0.1, 0.15) is 15.7 Å². The van der Waals surface area contributed by atoms with Gasteiger partial charge in [0.05, 0.1) is 30.2 Å². The number of halogens is 1. The molecule has 1 aliphatic rings. The zero-order valence-electron chi connectivity index (χ0n) is 17.9. The molecular formula is C21H22ClN3O5S3. The van der Waals surface area contributed by atoms with E-state index >= 15 is 0 Å². The molecule has 0 radical (unpaired) electrons. The Labute approximate surface area is 205 Å². The van der Waals surface area contributed by atoms with Crippen LogP contribution < -0.4 is 14.8 Å². The number of piperidine rings is 1. The van der Waals surface area contributed by atoms with Gasteiger partial charge in [-0.2, -0.15) is 4.31 Å². The predicted octanol–water partition coefficient (Wildman–Crippen LogP) is 4.58. The van der Waals surface area contributed by atoms with E-state index in [9.17, 15) is 13.2 Å². The number of nitrogens with one attached hydrogen (secondary N) is 1. The van der Waals surface area contributed by atoms with Crippen LogP contribution >= 0.6 is 34.3 Å². The van der Waals surface area contributed by atoms with Gasteiger partial charge in [-0.15, -0.1) is 22.7 Å². The fraction of sp³-hybridized carbons (Fsp3) is 0.333. The highest BCUT2D eigenvalue weighted by molar-refractivity contribution is 7.91. The summed E-state index contributed by atoms with van der Waals surface area (Å²) in [7, 11) is -0.519. The molecule has 1 fully saturated rings. The number of benzene rings is 1. The van der Waals surface area contributed by atoms with Crippen LogP contribution in [0.1, 0.15) is 12.8 Å². The lowest BCUT2D eigenvalue weighted by molar-refractivity contribution is -0.120. The van der Waals surface area contributed by atoms with Gasteiger partial charge in [-0.1, -0.05) is 11.6 Å². The van der Waals surface area contributed by atoms with Gasteiger partial charge < -0.3 is 14.8 Å². The molecule has 12 heteroatoms. The van der Waals surface area contributed by atoms with Gasteiger partial charge in [-0.05, 0) is 43.2 Å². The smallest absolute Gasteiger partial charge is 0.252 e. The number of carbonyl (C=O) groups excluding carboxylic acids is 1. The number of methoxy groups -OCH3 is 2. The van der Waals surface area contributed by atoms with Gasteiger partial charge in [0.25, 0.3) is 10.0 Å². The molecule has 1 aliphatic heterocycles. The summed E-state index contributed by atoms with van der Waals surface area (Å²) in [4.78, 5) is 17.4. The number of carbonyl (C=O) groups is 1. The molecule has 1 N–H and O–H groups in total. The van der Waals surface area contributed by atoms with E-state index in [1.165, 1.54) is 21.7 Å². The van der Waals surface area contributed by atoms with Gasteiger partial charge in [0, 0.05) is 24.0 Å². The van der Waals surface area contributed by atoms with Crippen LogP contribution in [0.15, 0.2) is 39.9 Å². The SMILES string of the molecule is COc1ccc(OC)c(-c2csc(NC(=O)C3CCCN(S(=O)(=O)c4ccc(Cl)s4)C3)n2)c1. The van der Waals surface area contributed by atoms with Crippen LogP contribution in [0.4, 0.5) is 5.13 Å². The van der Waals surface area contributed by atoms with Crippen molar-refractivity contribution in [1.29, 1.82) is 0 Å². The summed E-state index contributed by atoms with van der Waals surface area (Å²) in [6, 6.07) is 8.47. The fourth-order valence-corrected chi connectivity index (χ4v) is 7.49. The van der Waals surface area contributed by atoms with Crippen molar-refractivity contribution >= 4 is 55.3 Å². The van der Waals surface area contributed by atoms with E-state index in [0.29, 0.717) is 46.0 Å². The second-order valence-corrected chi connectivity index (χ2v) is 12.1. The molecule has 3 heterocycles. The molecule has 1 amide bonds. The van der Waals surface area contributed by atoms with Crippen molar-refractivity contribution in [3.05, 3.63) is 40.0 Å². The van der Waals surface area contributed by atoms with E-state index in [2.05, 4.69) is 10.3 Å². The Morgan fingerprint density at radius 1 is 1.24 bits per heavy atom. The van der Waals surface area contributed by atoms with Crippen molar-refractivity contribution in [2.45, 2.75) is 17.1 Å². The number of ether oxygens (including phenoxy) is 2. The average molecular weight is 528 g/mol. The molecule has 176 valence electrons. The first-order valence-corrected chi connectivity index (χ1v) is 13.6. The molecule has 0 bridgehead atoms. The summed E-state index contributed by atoms with van der Waals surface area (Å²) in [5, 5.41) is 5.10. The summed E-state index contributed by atoms with van der Waals surface area (Å²) in [5.41, 5.74) is 1.40. The summed E-state index contributed by atoms with van der Waals surface area (Å²) >= 11 is 8.21. The number of rotatable bonds is 7. The van der Waals surface area contributed by atoms with Crippen LogP contribution in [0.25, 0.3) is 11.3 Å². The van der Waals surface area contributed by atoms with E-state index in [0.717, 1.165) is 16.9 Å². The average Bonchev–Trinajstić information content (AvgIpc) is 3.48. The largest absolute Gasteiger partial charge is 0.497 e. The third-order valence-corrected chi connectivity index (χ3v) is 9.64. The van der Waals surface area contributed by atoms with E-state index in [4.69, 9.17) is 21.1 Å². The van der Waals surface area contributed by atoms with Crippen molar-refractivity contribution < 1.29 is 22.7 Å². The molecule has 0 aliphatic carbocycles. The molecule has 33 heavy (non-hydrogen) atoms. The first-order chi connectivity index (χ1) is 15.8. The number of aromatic nitrogens is 1. The maximum absolute atomic E-state index is 12.9.